The van der Waals surface area contributed by atoms with Crippen LogP contribution in [0.25, 0.3) is 10.2 Å². The molecule has 0 bridgehead atoms. The zero-order chi connectivity index (χ0) is 11.0. The minimum atomic E-state index is 0.453. The van der Waals surface area contributed by atoms with E-state index in [1.165, 1.54) is 20.9 Å². The molecule has 0 unspecified atom stereocenters. The van der Waals surface area contributed by atoms with E-state index in [1.54, 1.807) is 11.3 Å². The third-order valence-corrected chi connectivity index (χ3v) is 4.99. The first-order chi connectivity index (χ1) is 7.83. The summed E-state index contributed by atoms with van der Waals surface area (Å²) < 4.78 is 5.83. The van der Waals surface area contributed by atoms with E-state index in [0.717, 1.165) is 20.0 Å². The van der Waals surface area contributed by atoms with Crippen LogP contribution in [-0.2, 0) is 0 Å². The van der Waals surface area contributed by atoms with Crippen LogP contribution in [0.4, 0.5) is 5.13 Å². The zero-order valence-electron chi connectivity index (χ0n) is 7.75. The fourth-order valence-corrected chi connectivity index (χ4v) is 4.09. The number of benzene rings is 1. The van der Waals surface area contributed by atoms with Crippen LogP contribution >= 0.6 is 43.8 Å². The third-order valence-electron chi connectivity index (χ3n) is 1.89. The fraction of sp³-hybridized carbons (Fsp3) is 0. The molecule has 0 spiro atoms. The van der Waals surface area contributed by atoms with Gasteiger partial charge in [-0.2, -0.15) is 4.37 Å². The van der Waals surface area contributed by atoms with Gasteiger partial charge in [-0.15, -0.1) is 0 Å². The number of hydrogen-bond donors (Lipinski definition) is 0. The first-order valence-electron chi connectivity index (χ1n) is 4.35. The molecule has 80 valence electrons. The largest absolute Gasteiger partial charge is 0.218 e. The van der Waals surface area contributed by atoms with Gasteiger partial charge >= 0.3 is 0 Å². The van der Waals surface area contributed by atoms with Gasteiger partial charge < -0.3 is 0 Å². The molecule has 3 rings (SSSR count). The number of nitrogens with zero attached hydrogens (tertiary/aromatic N) is 3. The monoisotopic (exact) mass is 285 g/mol. The van der Waals surface area contributed by atoms with Crippen LogP contribution < -0.4 is 4.67 Å². The highest BCUT2D eigenvalue weighted by Gasteiger charge is 2.03. The molecule has 7 heteroatoms. The predicted octanol–water partition coefficient (Wildman–Crippen LogP) is 3.70. The van der Waals surface area contributed by atoms with Crippen LogP contribution in [-0.4, -0.2) is 9.36 Å². The lowest BCUT2D eigenvalue weighted by Crippen LogP contribution is -1.91. The standard InChI is InChI=1S/C9H4ClN3S3/c10-7-8(15-16-13-7)12-9-11-5-3-1-2-4-6(5)14-9/h1-4H/b12-8+. The molecule has 0 saturated carbocycles. The molecule has 0 fully saturated rings. The van der Waals surface area contributed by atoms with Gasteiger partial charge in [-0.3, -0.25) is 0 Å². The van der Waals surface area contributed by atoms with Gasteiger partial charge in [-0.05, 0) is 22.5 Å². The van der Waals surface area contributed by atoms with E-state index < -0.39 is 0 Å². The Morgan fingerprint density at radius 2 is 2.12 bits per heavy atom. The lowest BCUT2D eigenvalue weighted by Gasteiger charge is -1.80. The summed E-state index contributed by atoms with van der Waals surface area (Å²) in [6.45, 7) is 0. The highest BCUT2D eigenvalue weighted by Crippen LogP contribution is 2.27. The maximum atomic E-state index is 5.88. The van der Waals surface area contributed by atoms with Gasteiger partial charge in [0.15, 0.2) is 9.82 Å². The minimum Gasteiger partial charge on any atom is -0.218 e. The first-order valence-corrected chi connectivity index (χ1v) is 7.65. The summed E-state index contributed by atoms with van der Waals surface area (Å²) in [5, 5.41) is 1.17. The summed E-state index contributed by atoms with van der Waals surface area (Å²) in [7, 11) is 2.79. The van der Waals surface area contributed by atoms with Crippen molar-refractivity contribution in [1.29, 1.82) is 0 Å². The summed E-state index contributed by atoms with van der Waals surface area (Å²) in [6, 6.07) is 7.96. The molecule has 0 atom stereocenters. The van der Waals surface area contributed by atoms with Crippen LogP contribution in [0.1, 0.15) is 0 Å². The zero-order valence-corrected chi connectivity index (χ0v) is 11.0. The van der Waals surface area contributed by atoms with Gasteiger partial charge in [0.2, 0.25) is 5.13 Å². The molecule has 2 aromatic heterocycles. The van der Waals surface area contributed by atoms with Crippen molar-refractivity contribution in [3.63, 3.8) is 0 Å². The van der Waals surface area contributed by atoms with Crippen LogP contribution in [0.3, 0.4) is 0 Å². The van der Waals surface area contributed by atoms with E-state index in [0.29, 0.717) is 5.15 Å². The lowest BCUT2D eigenvalue weighted by molar-refractivity contribution is 1.33. The molecule has 16 heavy (non-hydrogen) atoms. The van der Waals surface area contributed by atoms with E-state index in [2.05, 4.69) is 14.3 Å². The Morgan fingerprint density at radius 1 is 1.25 bits per heavy atom. The molecule has 0 aliphatic carbocycles. The average molecular weight is 286 g/mol. The van der Waals surface area contributed by atoms with Crippen molar-refractivity contribution in [2.45, 2.75) is 0 Å². The number of aromatic nitrogens is 2. The van der Waals surface area contributed by atoms with Gasteiger partial charge in [0.1, 0.15) is 0 Å². The fourth-order valence-electron chi connectivity index (χ4n) is 1.22. The van der Waals surface area contributed by atoms with Crippen molar-refractivity contribution in [1.82, 2.24) is 9.36 Å². The van der Waals surface area contributed by atoms with Gasteiger partial charge in [0.05, 0.1) is 10.2 Å². The van der Waals surface area contributed by atoms with Gasteiger partial charge in [0.25, 0.3) is 0 Å². The summed E-state index contributed by atoms with van der Waals surface area (Å²) >= 11 is 7.43. The van der Waals surface area contributed by atoms with Crippen molar-refractivity contribution in [2.75, 3.05) is 0 Å². The normalized spacial score (nSPS) is 12.4. The van der Waals surface area contributed by atoms with Gasteiger partial charge in [0, 0.05) is 10.5 Å². The molecular weight excluding hydrogens is 282 g/mol. The lowest BCUT2D eigenvalue weighted by atomic mass is 10.3. The number of halogens is 1. The molecule has 0 radical (unpaired) electrons. The third kappa shape index (κ3) is 1.89. The molecule has 3 aromatic rings. The number of rotatable bonds is 1. The number of fused-ring (bicyclic) bond motifs is 1. The van der Waals surface area contributed by atoms with Crippen molar-refractivity contribution in [3.05, 3.63) is 34.1 Å². The van der Waals surface area contributed by atoms with E-state index in [4.69, 9.17) is 11.6 Å². The molecule has 3 nitrogen and oxygen atoms in total. The number of para-hydroxylation sites is 1. The minimum absolute atomic E-state index is 0.453. The molecule has 0 N–H and O–H groups in total. The van der Waals surface area contributed by atoms with Gasteiger partial charge in [-0.25, -0.2) is 9.98 Å². The molecule has 0 aliphatic heterocycles. The van der Waals surface area contributed by atoms with Crippen molar-refractivity contribution >= 4 is 59.2 Å². The SMILES string of the molecule is Clc1nss/c1=N/c1nc2ccccc2s1. The maximum absolute atomic E-state index is 5.88. The summed E-state index contributed by atoms with van der Waals surface area (Å²) in [5.41, 5.74) is 0.968. The second kappa shape index (κ2) is 4.21. The summed E-state index contributed by atoms with van der Waals surface area (Å²) in [5.74, 6) is 0. The highest BCUT2D eigenvalue weighted by molar-refractivity contribution is 7.66. The van der Waals surface area contributed by atoms with Gasteiger partial charge in [-0.1, -0.05) is 35.1 Å². The van der Waals surface area contributed by atoms with Crippen LogP contribution in [0.15, 0.2) is 29.3 Å². The first kappa shape index (κ1) is 10.3. The van der Waals surface area contributed by atoms with Crippen LogP contribution in [0.5, 0.6) is 0 Å². The Labute approximate surface area is 107 Å². The molecular formula is C9H4ClN3S3. The smallest absolute Gasteiger partial charge is 0.211 e. The Hall–Kier alpha value is -0.820. The van der Waals surface area contributed by atoms with Crippen LogP contribution in [0, 0.1) is 0 Å². The van der Waals surface area contributed by atoms with E-state index >= 15 is 0 Å². The van der Waals surface area contributed by atoms with Crippen molar-refractivity contribution in [3.8, 4) is 0 Å². The average Bonchev–Trinajstić information content (AvgIpc) is 2.85. The van der Waals surface area contributed by atoms with Crippen LogP contribution in [0.2, 0.25) is 5.15 Å². The summed E-state index contributed by atoms with van der Waals surface area (Å²) in [4.78, 5) is 8.79. The maximum Gasteiger partial charge on any atom is 0.211 e. The predicted molar refractivity (Wildman–Crippen MR) is 69.8 cm³/mol. The Balaban J connectivity index is 2.18. The highest BCUT2D eigenvalue weighted by atomic mass is 35.5. The second-order valence-electron chi connectivity index (χ2n) is 2.92. The van der Waals surface area contributed by atoms with E-state index in [1.807, 2.05) is 24.3 Å². The Bertz CT molecular complexity index is 664. The quantitative estimate of drug-likeness (QED) is 0.640. The molecule has 0 amide bonds. The summed E-state index contributed by atoms with van der Waals surface area (Å²) in [6.07, 6.45) is 0. The Kier molecular flexibility index (Phi) is 2.72. The molecule has 1 aromatic carbocycles. The molecule has 2 heterocycles. The second-order valence-corrected chi connectivity index (χ2v) is 6.12. The van der Waals surface area contributed by atoms with Crippen molar-refractivity contribution < 1.29 is 0 Å². The Morgan fingerprint density at radius 3 is 2.88 bits per heavy atom. The van der Waals surface area contributed by atoms with E-state index in [-0.39, 0.29) is 0 Å². The number of thiazole rings is 1. The molecule has 0 aliphatic rings. The number of hydrogen-bond acceptors (Lipinski definition) is 6. The molecule has 0 saturated heterocycles. The van der Waals surface area contributed by atoms with E-state index in [9.17, 15) is 0 Å². The van der Waals surface area contributed by atoms with Crippen molar-refractivity contribution in [2.24, 2.45) is 4.99 Å². The topological polar surface area (TPSA) is 38.1 Å².